The molecule has 2 aliphatic heterocycles. The maximum absolute atomic E-state index is 12.6. The molecule has 28 heavy (non-hydrogen) atoms. The molecule has 7 heteroatoms. The van der Waals surface area contributed by atoms with Crippen molar-refractivity contribution in [1.29, 1.82) is 0 Å². The van der Waals surface area contributed by atoms with Gasteiger partial charge >= 0.3 is 6.09 Å². The fourth-order valence-corrected chi connectivity index (χ4v) is 4.89. The Balaban J connectivity index is 1.51. The second-order valence-electron chi connectivity index (χ2n) is 8.90. The van der Waals surface area contributed by atoms with Crippen LogP contribution in [0.15, 0.2) is 12.1 Å². The SMILES string of the molecule is CC1CCN(C(=O)OC(C)(C)C)CC(Nc2nc3c4c(ccc3s2)OCC4)C1. The normalized spacial score (nSPS) is 22.5. The number of nitrogens with one attached hydrogen (secondary N) is 1. The molecule has 6 nitrogen and oxygen atoms in total. The van der Waals surface area contributed by atoms with Crippen LogP contribution in [0.1, 0.15) is 46.1 Å². The maximum Gasteiger partial charge on any atom is 0.410 e. The molecule has 2 atom stereocenters. The molecule has 3 heterocycles. The molecule has 0 saturated carbocycles. The summed E-state index contributed by atoms with van der Waals surface area (Å²) >= 11 is 1.67. The van der Waals surface area contributed by atoms with Crippen molar-refractivity contribution in [1.82, 2.24) is 9.88 Å². The van der Waals surface area contributed by atoms with Crippen molar-refractivity contribution in [2.24, 2.45) is 5.92 Å². The molecule has 2 aromatic rings. The number of anilines is 1. The zero-order chi connectivity index (χ0) is 19.9. The molecule has 1 fully saturated rings. The summed E-state index contributed by atoms with van der Waals surface area (Å²) in [6, 6.07) is 4.30. The van der Waals surface area contributed by atoms with Gasteiger partial charge in [-0.15, -0.1) is 0 Å². The highest BCUT2D eigenvalue weighted by Crippen LogP contribution is 2.37. The monoisotopic (exact) mass is 403 g/mol. The van der Waals surface area contributed by atoms with E-state index < -0.39 is 5.60 Å². The highest BCUT2D eigenvalue weighted by Gasteiger charge is 2.29. The number of ether oxygens (including phenoxy) is 2. The number of rotatable bonds is 2. The molecule has 152 valence electrons. The zero-order valence-electron chi connectivity index (χ0n) is 17.1. The number of carbonyl (C=O) groups excluding carboxylic acids is 1. The summed E-state index contributed by atoms with van der Waals surface area (Å²) in [5.74, 6) is 1.50. The predicted octanol–water partition coefficient (Wildman–Crippen LogP) is 4.68. The van der Waals surface area contributed by atoms with Crippen LogP contribution in [-0.4, -0.2) is 47.3 Å². The van der Waals surface area contributed by atoms with Crippen LogP contribution in [0.5, 0.6) is 5.75 Å². The molecular weight excluding hydrogens is 374 g/mol. The van der Waals surface area contributed by atoms with Crippen LogP contribution >= 0.6 is 11.3 Å². The van der Waals surface area contributed by atoms with Gasteiger partial charge in [0.05, 0.1) is 16.8 Å². The number of hydrogen-bond donors (Lipinski definition) is 1. The summed E-state index contributed by atoms with van der Waals surface area (Å²) in [5, 5.41) is 4.51. The van der Waals surface area contributed by atoms with E-state index >= 15 is 0 Å². The smallest absolute Gasteiger partial charge is 0.410 e. The van der Waals surface area contributed by atoms with E-state index in [0.29, 0.717) is 12.5 Å². The van der Waals surface area contributed by atoms with Crippen LogP contribution in [0.2, 0.25) is 0 Å². The van der Waals surface area contributed by atoms with Crippen molar-refractivity contribution < 1.29 is 14.3 Å². The van der Waals surface area contributed by atoms with Gasteiger partial charge in [0.2, 0.25) is 0 Å². The quantitative estimate of drug-likeness (QED) is 0.789. The number of hydrogen-bond acceptors (Lipinski definition) is 6. The molecule has 4 rings (SSSR count). The van der Waals surface area contributed by atoms with Crippen molar-refractivity contribution in [3.05, 3.63) is 17.7 Å². The Morgan fingerprint density at radius 2 is 2.21 bits per heavy atom. The molecule has 0 aliphatic carbocycles. The Morgan fingerprint density at radius 3 is 3.00 bits per heavy atom. The number of benzene rings is 1. The predicted molar refractivity (Wildman–Crippen MR) is 112 cm³/mol. The Kier molecular flexibility index (Phi) is 5.12. The minimum Gasteiger partial charge on any atom is -0.493 e. The van der Waals surface area contributed by atoms with E-state index in [1.807, 2.05) is 31.7 Å². The summed E-state index contributed by atoms with van der Waals surface area (Å²) in [4.78, 5) is 19.3. The number of likely N-dealkylation sites (tertiary alicyclic amines) is 1. The summed E-state index contributed by atoms with van der Waals surface area (Å²) in [6.07, 6.45) is 2.69. The number of thiazole rings is 1. The van der Waals surface area contributed by atoms with E-state index in [4.69, 9.17) is 14.5 Å². The van der Waals surface area contributed by atoms with E-state index in [1.54, 1.807) is 11.3 Å². The van der Waals surface area contributed by atoms with E-state index in [1.165, 1.54) is 10.3 Å². The fraction of sp³-hybridized carbons (Fsp3) is 0.619. The molecule has 0 bridgehead atoms. The molecule has 2 aliphatic rings. The highest BCUT2D eigenvalue weighted by atomic mass is 32.1. The third-order valence-corrected chi connectivity index (χ3v) is 6.18. The van der Waals surface area contributed by atoms with Crippen LogP contribution in [0.25, 0.3) is 10.2 Å². The Bertz CT molecular complexity index is 874. The minimum atomic E-state index is -0.479. The van der Waals surface area contributed by atoms with Gasteiger partial charge in [-0.05, 0) is 51.7 Å². The first kappa shape index (κ1) is 19.3. The lowest BCUT2D eigenvalue weighted by atomic mass is 10.0. The number of amides is 1. The second kappa shape index (κ2) is 7.43. The number of carbonyl (C=O) groups is 1. The lowest BCUT2D eigenvalue weighted by Gasteiger charge is -2.28. The van der Waals surface area contributed by atoms with Crippen LogP contribution in [-0.2, 0) is 11.2 Å². The van der Waals surface area contributed by atoms with Gasteiger partial charge in [0.25, 0.3) is 0 Å². The average Bonchev–Trinajstić information content (AvgIpc) is 3.17. The molecule has 1 saturated heterocycles. The molecule has 2 unspecified atom stereocenters. The Hall–Kier alpha value is -2.02. The number of aromatic nitrogens is 1. The third kappa shape index (κ3) is 4.19. The fourth-order valence-electron chi connectivity index (χ4n) is 3.91. The van der Waals surface area contributed by atoms with Crippen molar-refractivity contribution in [3.8, 4) is 5.75 Å². The van der Waals surface area contributed by atoms with Crippen LogP contribution in [0.4, 0.5) is 9.93 Å². The van der Waals surface area contributed by atoms with Crippen molar-refractivity contribution in [3.63, 3.8) is 0 Å². The van der Waals surface area contributed by atoms with E-state index in [-0.39, 0.29) is 12.1 Å². The standard InChI is InChI=1S/C21H29N3O3S/c1-13-7-9-24(20(25)27-21(2,3)4)12-14(11-13)22-19-23-18-15-8-10-26-16(15)5-6-17(18)28-19/h5-6,13-14H,7-12H2,1-4H3,(H,22,23). The van der Waals surface area contributed by atoms with Gasteiger partial charge in [-0.1, -0.05) is 18.3 Å². The maximum atomic E-state index is 12.6. The molecule has 1 aromatic heterocycles. The van der Waals surface area contributed by atoms with Crippen molar-refractivity contribution >= 4 is 32.8 Å². The van der Waals surface area contributed by atoms with E-state index in [9.17, 15) is 4.79 Å². The van der Waals surface area contributed by atoms with Gasteiger partial charge in [0.15, 0.2) is 5.13 Å². The van der Waals surface area contributed by atoms with E-state index in [2.05, 4.69) is 18.3 Å². The summed E-state index contributed by atoms with van der Waals surface area (Å²) in [5.41, 5.74) is 1.78. The largest absolute Gasteiger partial charge is 0.493 e. The van der Waals surface area contributed by atoms with Crippen LogP contribution in [0.3, 0.4) is 0 Å². The first-order valence-corrected chi connectivity index (χ1v) is 10.9. The van der Waals surface area contributed by atoms with E-state index in [0.717, 1.165) is 48.8 Å². The van der Waals surface area contributed by atoms with Crippen LogP contribution < -0.4 is 10.1 Å². The zero-order valence-corrected chi connectivity index (χ0v) is 17.9. The van der Waals surface area contributed by atoms with Gasteiger partial charge in [0, 0.05) is 31.1 Å². The first-order chi connectivity index (χ1) is 13.3. The second-order valence-corrected chi connectivity index (χ2v) is 9.93. The summed E-state index contributed by atoms with van der Waals surface area (Å²) in [6.45, 7) is 10.1. The van der Waals surface area contributed by atoms with Crippen LogP contribution in [0, 0.1) is 5.92 Å². The third-order valence-electron chi connectivity index (χ3n) is 5.23. The summed E-state index contributed by atoms with van der Waals surface area (Å²) < 4.78 is 12.4. The van der Waals surface area contributed by atoms with Gasteiger partial charge in [-0.25, -0.2) is 9.78 Å². The lowest BCUT2D eigenvalue weighted by Crippen LogP contribution is -2.42. The topological polar surface area (TPSA) is 63.7 Å². The van der Waals surface area contributed by atoms with Crippen molar-refractivity contribution in [2.45, 2.75) is 58.6 Å². The van der Waals surface area contributed by atoms with Gasteiger partial charge in [-0.3, -0.25) is 0 Å². The number of fused-ring (bicyclic) bond motifs is 3. The van der Waals surface area contributed by atoms with Crippen molar-refractivity contribution in [2.75, 3.05) is 25.0 Å². The summed E-state index contributed by atoms with van der Waals surface area (Å²) in [7, 11) is 0. The number of nitrogens with zero attached hydrogens (tertiary/aromatic N) is 2. The van der Waals surface area contributed by atoms with Gasteiger partial charge < -0.3 is 19.7 Å². The Labute approximate surface area is 170 Å². The highest BCUT2D eigenvalue weighted by molar-refractivity contribution is 7.22. The molecule has 1 amide bonds. The molecule has 1 N–H and O–H groups in total. The molecule has 0 radical (unpaired) electrons. The minimum absolute atomic E-state index is 0.162. The average molecular weight is 404 g/mol. The molecular formula is C21H29N3O3S. The lowest BCUT2D eigenvalue weighted by molar-refractivity contribution is 0.0251. The first-order valence-electron chi connectivity index (χ1n) is 10.1. The molecule has 0 spiro atoms. The van der Waals surface area contributed by atoms with Gasteiger partial charge in [0.1, 0.15) is 11.4 Å². The molecule has 1 aromatic carbocycles. The van der Waals surface area contributed by atoms with Gasteiger partial charge in [-0.2, -0.15) is 0 Å². The Morgan fingerprint density at radius 1 is 1.39 bits per heavy atom.